The second-order valence-electron chi connectivity index (χ2n) is 6.97. The van der Waals surface area contributed by atoms with Gasteiger partial charge in [0.05, 0.1) is 26.3 Å². The summed E-state index contributed by atoms with van der Waals surface area (Å²) in [4.78, 5) is 12.4. The van der Waals surface area contributed by atoms with Crippen LogP contribution in [0.2, 0.25) is 5.02 Å². The van der Waals surface area contributed by atoms with Gasteiger partial charge < -0.3 is 10.5 Å². The molecule has 1 unspecified atom stereocenters. The van der Waals surface area contributed by atoms with Crippen LogP contribution in [0.15, 0.2) is 34.8 Å². The van der Waals surface area contributed by atoms with E-state index in [0.717, 1.165) is 5.56 Å². The van der Waals surface area contributed by atoms with Crippen LogP contribution in [0, 0.1) is 17.3 Å². The van der Waals surface area contributed by atoms with Gasteiger partial charge in [-0.05, 0) is 28.1 Å². The van der Waals surface area contributed by atoms with Crippen molar-refractivity contribution in [2.75, 3.05) is 5.73 Å². The van der Waals surface area contributed by atoms with Gasteiger partial charge in [0.1, 0.15) is 6.10 Å². The van der Waals surface area contributed by atoms with Crippen LogP contribution in [0.3, 0.4) is 0 Å². The average molecular weight is 419 g/mol. The first-order chi connectivity index (χ1) is 11.7. The molecule has 128 valence electrons. The number of fused-ring (bicyclic) bond motifs is 1. The molecule has 0 fully saturated rings. The highest BCUT2D eigenvalue weighted by Crippen LogP contribution is 2.50. The summed E-state index contributed by atoms with van der Waals surface area (Å²) in [5.41, 5.74) is 8.69. The minimum absolute atomic E-state index is 0.298. The van der Waals surface area contributed by atoms with Crippen molar-refractivity contribution < 1.29 is 9.53 Å². The molecule has 1 aliphatic heterocycles. The molecule has 5 heteroatoms. The second-order valence-corrected chi connectivity index (χ2v) is 8.14. The van der Waals surface area contributed by atoms with E-state index in [1.165, 1.54) is 0 Å². The first-order valence-corrected chi connectivity index (χ1v) is 8.97. The summed E-state index contributed by atoms with van der Waals surface area (Å²) >= 11 is 10.0. The molecule has 0 aromatic heterocycles. The molecule has 0 saturated heterocycles. The third kappa shape index (κ3) is 3.15. The fourth-order valence-corrected chi connectivity index (χ4v) is 3.76. The zero-order valence-corrected chi connectivity index (χ0v) is 16.5. The van der Waals surface area contributed by atoms with Gasteiger partial charge in [-0.25, -0.2) is 4.79 Å². The van der Waals surface area contributed by atoms with E-state index in [0.29, 0.717) is 31.9 Å². The molecule has 2 N–H and O–H groups in total. The van der Waals surface area contributed by atoms with Crippen molar-refractivity contribution >= 4 is 39.2 Å². The van der Waals surface area contributed by atoms with Gasteiger partial charge in [0.25, 0.3) is 0 Å². The number of anilines is 1. The lowest BCUT2D eigenvalue weighted by Gasteiger charge is -2.27. The number of ether oxygens (including phenoxy) is 1. The molecule has 25 heavy (non-hydrogen) atoms. The van der Waals surface area contributed by atoms with E-state index in [9.17, 15) is 4.79 Å². The quantitative estimate of drug-likeness (QED) is 0.357. The number of nitrogen functional groups attached to an aromatic ring is 1. The Hall–Kier alpha value is -1.96. The Labute approximate surface area is 160 Å². The van der Waals surface area contributed by atoms with E-state index in [4.69, 9.17) is 22.1 Å². The van der Waals surface area contributed by atoms with E-state index in [1.807, 2.05) is 51.1 Å². The summed E-state index contributed by atoms with van der Waals surface area (Å²) in [5.74, 6) is 5.66. The molecular weight excluding hydrogens is 402 g/mol. The Kier molecular flexibility index (Phi) is 4.57. The van der Waals surface area contributed by atoms with Gasteiger partial charge in [-0.3, -0.25) is 0 Å². The molecule has 3 nitrogen and oxygen atoms in total. The number of hydrogen-bond donors (Lipinski definition) is 1. The smallest absolute Gasteiger partial charge is 0.340 e. The number of halogens is 2. The van der Waals surface area contributed by atoms with Crippen LogP contribution in [-0.4, -0.2) is 5.97 Å². The normalized spacial score (nSPS) is 16.0. The third-order valence-corrected chi connectivity index (χ3v) is 5.23. The largest absolute Gasteiger partial charge is 0.453 e. The molecule has 1 heterocycles. The molecule has 0 radical (unpaired) electrons. The molecule has 0 aliphatic carbocycles. The molecule has 2 aromatic rings. The lowest BCUT2D eigenvalue weighted by molar-refractivity contribution is 0.00779. The topological polar surface area (TPSA) is 52.3 Å². The van der Waals surface area contributed by atoms with Gasteiger partial charge in [-0.15, -0.1) is 0 Å². The number of carbonyl (C=O) groups excluding carboxylic acids is 1. The SMILES string of the molecule is CC(C)(C)C1OC(=O)c2c(Br)c(C#Cc3ccccc3)c(N)c(Cl)c21. The summed E-state index contributed by atoms with van der Waals surface area (Å²) in [6, 6.07) is 9.53. The van der Waals surface area contributed by atoms with Crippen molar-refractivity contribution in [1.82, 2.24) is 0 Å². The summed E-state index contributed by atoms with van der Waals surface area (Å²) in [5, 5.41) is 0.335. The van der Waals surface area contributed by atoms with Crippen molar-refractivity contribution in [3.63, 3.8) is 0 Å². The van der Waals surface area contributed by atoms with Crippen molar-refractivity contribution in [2.45, 2.75) is 26.9 Å². The van der Waals surface area contributed by atoms with Gasteiger partial charge in [-0.2, -0.15) is 0 Å². The Balaban J connectivity index is 2.20. The molecule has 0 spiro atoms. The van der Waals surface area contributed by atoms with Crippen LogP contribution in [0.1, 0.15) is 53.9 Å². The van der Waals surface area contributed by atoms with E-state index >= 15 is 0 Å². The number of cyclic esters (lactones) is 1. The van der Waals surface area contributed by atoms with Crippen LogP contribution in [0.25, 0.3) is 0 Å². The van der Waals surface area contributed by atoms with Crippen LogP contribution >= 0.6 is 27.5 Å². The molecule has 0 bridgehead atoms. The van der Waals surface area contributed by atoms with Gasteiger partial charge in [0, 0.05) is 16.5 Å². The Morgan fingerprint density at radius 1 is 1.20 bits per heavy atom. The van der Waals surface area contributed by atoms with Crippen LogP contribution in [-0.2, 0) is 4.74 Å². The lowest BCUT2D eigenvalue weighted by atomic mass is 9.83. The van der Waals surface area contributed by atoms with E-state index in [1.54, 1.807) is 0 Å². The maximum atomic E-state index is 12.4. The predicted molar refractivity (Wildman–Crippen MR) is 104 cm³/mol. The lowest BCUT2D eigenvalue weighted by Crippen LogP contribution is -2.18. The highest BCUT2D eigenvalue weighted by molar-refractivity contribution is 9.10. The number of rotatable bonds is 0. The monoisotopic (exact) mass is 417 g/mol. The molecular formula is C20H17BrClNO2. The molecule has 0 amide bonds. The van der Waals surface area contributed by atoms with E-state index < -0.39 is 12.1 Å². The Morgan fingerprint density at radius 3 is 2.44 bits per heavy atom. The average Bonchev–Trinajstić information content (AvgIpc) is 2.92. The number of esters is 1. The first-order valence-electron chi connectivity index (χ1n) is 7.80. The number of hydrogen-bond acceptors (Lipinski definition) is 3. The highest BCUT2D eigenvalue weighted by Gasteiger charge is 2.43. The van der Waals surface area contributed by atoms with Gasteiger partial charge in [0.15, 0.2) is 0 Å². The molecule has 1 atom stereocenters. The minimum Gasteiger partial charge on any atom is -0.453 e. The molecule has 0 saturated carbocycles. The van der Waals surface area contributed by atoms with Crippen LogP contribution in [0.4, 0.5) is 5.69 Å². The van der Waals surface area contributed by atoms with E-state index in [2.05, 4.69) is 27.8 Å². The zero-order valence-electron chi connectivity index (χ0n) is 14.1. The Bertz CT molecular complexity index is 921. The van der Waals surface area contributed by atoms with E-state index in [-0.39, 0.29) is 5.41 Å². The zero-order chi connectivity index (χ0) is 18.4. The van der Waals surface area contributed by atoms with Crippen molar-refractivity contribution in [2.24, 2.45) is 5.41 Å². The fraction of sp³-hybridized carbons (Fsp3) is 0.250. The van der Waals surface area contributed by atoms with Crippen molar-refractivity contribution in [3.05, 3.63) is 62.1 Å². The maximum Gasteiger partial charge on any atom is 0.340 e. The van der Waals surface area contributed by atoms with Gasteiger partial charge >= 0.3 is 5.97 Å². The summed E-state index contributed by atoms with van der Waals surface area (Å²) in [6.07, 6.45) is -0.447. The fourth-order valence-electron chi connectivity index (χ4n) is 2.78. The number of benzene rings is 2. The van der Waals surface area contributed by atoms with Crippen molar-refractivity contribution in [1.29, 1.82) is 0 Å². The molecule has 3 rings (SSSR count). The van der Waals surface area contributed by atoms with Gasteiger partial charge in [0.2, 0.25) is 0 Å². The van der Waals surface area contributed by atoms with Gasteiger partial charge in [-0.1, -0.05) is 62.4 Å². The number of nitrogens with two attached hydrogens (primary N) is 1. The maximum absolute atomic E-state index is 12.4. The summed E-state index contributed by atoms with van der Waals surface area (Å²) in [6.45, 7) is 5.97. The second kappa shape index (κ2) is 6.40. The number of carbonyl (C=O) groups is 1. The molecule has 2 aromatic carbocycles. The van der Waals surface area contributed by atoms with Crippen LogP contribution < -0.4 is 5.73 Å². The first kappa shape index (κ1) is 17.8. The van der Waals surface area contributed by atoms with Crippen LogP contribution in [0.5, 0.6) is 0 Å². The van der Waals surface area contributed by atoms with Crippen molar-refractivity contribution in [3.8, 4) is 11.8 Å². The predicted octanol–water partition coefficient (Wildman–Crippen LogP) is 5.34. The Morgan fingerprint density at radius 2 is 1.84 bits per heavy atom. The highest BCUT2D eigenvalue weighted by atomic mass is 79.9. The molecule has 1 aliphatic rings. The third-order valence-electron chi connectivity index (χ3n) is 4.03. The summed E-state index contributed by atoms with van der Waals surface area (Å²) < 4.78 is 6.11. The minimum atomic E-state index is -0.447. The summed E-state index contributed by atoms with van der Waals surface area (Å²) in [7, 11) is 0. The standard InChI is InChI=1S/C20H17BrClNO2/c1-20(2,3)18-14-13(19(24)25-18)15(21)12(17(23)16(14)22)10-9-11-7-5-4-6-8-11/h4-8,18H,23H2,1-3H3.